The maximum Gasteiger partial charge on any atom is 0.270 e. The average Bonchev–Trinajstić information content (AvgIpc) is 2.43. The number of ether oxygens (including phenoxy) is 1. The van der Waals surface area contributed by atoms with Crippen LogP contribution in [0.3, 0.4) is 0 Å². The summed E-state index contributed by atoms with van der Waals surface area (Å²) in [5.74, 6) is 0.110. The van der Waals surface area contributed by atoms with Crippen molar-refractivity contribution in [3.8, 4) is 11.5 Å². The number of hydrogen-bond donors (Lipinski definition) is 1. The van der Waals surface area contributed by atoms with Crippen LogP contribution in [0.2, 0.25) is 0 Å². The molecule has 2 aromatic rings. The average molecular weight is 277 g/mol. The Morgan fingerprint density at radius 3 is 2.65 bits per heavy atom. The molecule has 0 amide bonds. The summed E-state index contributed by atoms with van der Waals surface area (Å²) in [5.41, 5.74) is 0.842. The van der Waals surface area contributed by atoms with Crippen molar-refractivity contribution in [2.24, 2.45) is 0 Å². The zero-order valence-electron chi connectivity index (χ0n) is 10.7. The third-order valence-corrected chi connectivity index (χ3v) is 2.80. The molecule has 0 unspecified atom stereocenters. The Balaban J connectivity index is 2.38. The molecule has 104 valence electrons. The quantitative estimate of drug-likeness (QED) is 0.687. The highest BCUT2D eigenvalue weighted by Crippen LogP contribution is 2.30. The molecule has 0 heterocycles. The van der Waals surface area contributed by atoms with Crippen LogP contribution in [-0.2, 0) is 6.61 Å². The van der Waals surface area contributed by atoms with Gasteiger partial charge in [0.2, 0.25) is 0 Å². The molecule has 0 aromatic heterocycles. The van der Waals surface area contributed by atoms with Crippen LogP contribution in [0.4, 0.5) is 10.1 Å². The number of nitro benzene ring substituents is 1. The fraction of sp³-hybridized carbons (Fsp3) is 0.143. The molecular formula is C14H12FNO4. The molecule has 0 aliphatic carbocycles. The maximum absolute atomic E-state index is 13.2. The number of benzene rings is 2. The summed E-state index contributed by atoms with van der Waals surface area (Å²) in [7, 11) is 0. The molecule has 0 aliphatic heterocycles. The van der Waals surface area contributed by atoms with Crippen molar-refractivity contribution in [1.29, 1.82) is 0 Å². The van der Waals surface area contributed by atoms with Gasteiger partial charge in [-0.3, -0.25) is 10.1 Å². The third-order valence-electron chi connectivity index (χ3n) is 2.80. The van der Waals surface area contributed by atoms with Gasteiger partial charge in [-0.25, -0.2) is 4.39 Å². The van der Waals surface area contributed by atoms with Gasteiger partial charge in [-0.05, 0) is 24.6 Å². The number of hydrogen-bond acceptors (Lipinski definition) is 4. The van der Waals surface area contributed by atoms with Crippen molar-refractivity contribution in [3.05, 3.63) is 63.5 Å². The minimum absolute atomic E-state index is 0.141. The Morgan fingerprint density at radius 2 is 2.00 bits per heavy atom. The normalized spacial score (nSPS) is 10.3. The van der Waals surface area contributed by atoms with Crippen molar-refractivity contribution < 1.29 is 19.2 Å². The Bertz CT molecular complexity index is 658. The largest absolute Gasteiger partial charge is 0.457 e. The Morgan fingerprint density at radius 1 is 1.25 bits per heavy atom. The van der Waals surface area contributed by atoms with Crippen LogP contribution in [-0.4, -0.2) is 10.0 Å². The lowest BCUT2D eigenvalue weighted by atomic mass is 10.1. The Labute approximate surface area is 114 Å². The summed E-state index contributed by atoms with van der Waals surface area (Å²) in [6, 6.07) is 7.97. The summed E-state index contributed by atoms with van der Waals surface area (Å²) >= 11 is 0. The molecule has 0 bridgehead atoms. The number of non-ortho nitro benzene ring substituents is 1. The molecule has 0 spiro atoms. The van der Waals surface area contributed by atoms with E-state index in [4.69, 9.17) is 4.74 Å². The molecule has 0 fully saturated rings. The summed E-state index contributed by atoms with van der Waals surface area (Å²) in [4.78, 5) is 10.1. The van der Waals surface area contributed by atoms with Gasteiger partial charge in [0.05, 0.1) is 11.5 Å². The first-order chi connectivity index (χ1) is 9.51. The number of aliphatic hydroxyl groups excluding tert-OH is 1. The molecule has 0 atom stereocenters. The first-order valence-corrected chi connectivity index (χ1v) is 5.83. The highest BCUT2D eigenvalue weighted by Gasteiger charge is 2.13. The Hall–Kier alpha value is -2.47. The van der Waals surface area contributed by atoms with Gasteiger partial charge in [-0.2, -0.15) is 0 Å². The number of nitro groups is 1. The molecule has 0 radical (unpaired) electrons. The lowest BCUT2D eigenvalue weighted by Gasteiger charge is -2.11. The molecule has 2 aromatic carbocycles. The van der Waals surface area contributed by atoms with Crippen molar-refractivity contribution in [1.82, 2.24) is 0 Å². The zero-order valence-corrected chi connectivity index (χ0v) is 10.7. The number of halogens is 1. The highest BCUT2D eigenvalue weighted by molar-refractivity contribution is 5.46. The van der Waals surface area contributed by atoms with Crippen LogP contribution in [0.25, 0.3) is 0 Å². The Kier molecular flexibility index (Phi) is 3.95. The highest BCUT2D eigenvalue weighted by atomic mass is 19.1. The first-order valence-electron chi connectivity index (χ1n) is 5.83. The van der Waals surface area contributed by atoms with Gasteiger partial charge in [-0.1, -0.05) is 6.07 Å². The van der Waals surface area contributed by atoms with Gasteiger partial charge >= 0.3 is 0 Å². The molecule has 6 heteroatoms. The second-order valence-electron chi connectivity index (χ2n) is 4.22. The fourth-order valence-corrected chi connectivity index (χ4v) is 1.70. The summed E-state index contributed by atoms with van der Waals surface area (Å²) in [6.07, 6.45) is 0. The molecule has 1 N–H and O–H groups in total. The van der Waals surface area contributed by atoms with Crippen molar-refractivity contribution >= 4 is 5.69 Å². The molecular weight excluding hydrogens is 265 g/mol. The SMILES string of the molecule is Cc1ccc(F)cc1Oc1ccc([N+](=O)[O-])cc1CO. The predicted molar refractivity (Wildman–Crippen MR) is 70.2 cm³/mol. The van der Waals surface area contributed by atoms with Crippen LogP contribution in [0.1, 0.15) is 11.1 Å². The van der Waals surface area contributed by atoms with Crippen LogP contribution >= 0.6 is 0 Å². The molecule has 20 heavy (non-hydrogen) atoms. The molecule has 0 aliphatic rings. The van der Waals surface area contributed by atoms with E-state index in [9.17, 15) is 19.6 Å². The zero-order chi connectivity index (χ0) is 14.7. The van der Waals surface area contributed by atoms with E-state index in [1.54, 1.807) is 13.0 Å². The van der Waals surface area contributed by atoms with Crippen molar-refractivity contribution in [2.45, 2.75) is 13.5 Å². The van der Waals surface area contributed by atoms with Crippen LogP contribution in [0, 0.1) is 22.9 Å². The van der Waals surface area contributed by atoms with Crippen LogP contribution in [0.5, 0.6) is 11.5 Å². The number of nitrogens with zero attached hydrogens (tertiary/aromatic N) is 1. The lowest BCUT2D eigenvalue weighted by Crippen LogP contribution is -1.96. The van der Waals surface area contributed by atoms with Gasteiger partial charge in [-0.15, -0.1) is 0 Å². The van der Waals surface area contributed by atoms with Gasteiger partial charge < -0.3 is 9.84 Å². The van der Waals surface area contributed by atoms with E-state index in [0.717, 1.165) is 0 Å². The van der Waals surface area contributed by atoms with Gasteiger partial charge in [0.25, 0.3) is 5.69 Å². The minimum Gasteiger partial charge on any atom is -0.457 e. The van der Waals surface area contributed by atoms with Crippen molar-refractivity contribution in [2.75, 3.05) is 0 Å². The summed E-state index contributed by atoms with van der Waals surface area (Å²) in [5, 5.41) is 19.9. The third kappa shape index (κ3) is 2.92. The molecule has 0 saturated carbocycles. The number of aryl methyl sites for hydroxylation is 1. The van der Waals surface area contributed by atoms with Crippen molar-refractivity contribution in [3.63, 3.8) is 0 Å². The summed E-state index contributed by atoms with van der Waals surface area (Å²) in [6.45, 7) is 1.34. The van der Waals surface area contributed by atoms with Crippen LogP contribution < -0.4 is 4.74 Å². The van der Waals surface area contributed by atoms with Gasteiger partial charge in [0.15, 0.2) is 0 Å². The van der Waals surface area contributed by atoms with E-state index in [0.29, 0.717) is 11.3 Å². The van der Waals surface area contributed by atoms with Gasteiger partial charge in [0, 0.05) is 23.8 Å². The second-order valence-corrected chi connectivity index (χ2v) is 4.22. The van der Waals surface area contributed by atoms with E-state index in [-0.39, 0.29) is 17.0 Å². The summed E-state index contributed by atoms with van der Waals surface area (Å²) < 4.78 is 18.7. The second kappa shape index (κ2) is 5.66. The predicted octanol–water partition coefficient (Wildman–Crippen LogP) is 3.33. The first kappa shape index (κ1) is 14.0. The lowest BCUT2D eigenvalue weighted by molar-refractivity contribution is -0.385. The fourth-order valence-electron chi connectivity index (χ4n) is 1.70. The standard InChI is InChI=1S/C14H12FNO4/c1-9-2-3-11(15)7-14(9)20-13-5-4-12(16(18)19)6-10(13)8-17/h2-7,17H,8H2,1H3. The molecule has 2 rings (SSSR count). The smallest absolute Gasteiger partial charge is 0.270 e. The van der Waals surface area contributed by atoms with Gasteiger partial charge in [0.1, 0.15) is 17.3 Å². The maximum atomic E-state index is 13.2. The van der Waals surface area contributed by atoms with E-state index in [2.05, 4.69) is 0 Å². The van der Waals surface area contributed by atoms with Crippen LogP contribution in [0.15, 0.2) is 36.4 Å². The number of rotatable bonds is 4. The van der Waals surface area contributed by atoms with E-state index >= 15 is 0 Å². The van der Waals surface area contributed by atoms with E-state index < -0.39 is 17.3 Å². The van der Waals surface area contributed by atoms with E-state index in [1.807, 2.05) is 0 Å². The molecule has 0 saturated heterocycles. The minimum atomic E-state index is -0.559. The monoisotopic (exact) mass is 277 g/mol. The topological polar surface area (TPSA) is 72.6 Å². The van der Waals surface area contributed by atoms with E-state index in [1.165, 1.54) is 30.3 Å². The number of aliphatic hydroxyl groups is 1. The molecule has 5 nitrogen and oxygen atoms in total.